The Bertz CT molecular complexity index is 1230. The lowest BCUT2D eigenvalue weighted by Gasteiger charge is -2.13. The average molecular weight is 400 g/mol. The Labute approximate surface area is 162 Å². The summed E-state index contributed by atoms with van der Waals surface area (Å²) in [4.78, 5) is 13.3. The number of hydrogen-bond donors (Lipinski definition) is 1. The van der Waals surface area contributed by atoms with Gasteiger partial charge in [0.15, 0.2) is 0 Å². The van der Waals surface area contributed by atoms with E-state index in [1.165, 1.54) is 28.8 Å². The first kappa shape index (κ1) is 17.6. The van der Waals surface area contributed by atoms with Gasteiger partial charge in [-0.2, -0.15) is 5.10 Å². The van der Waals surface area contributed by atoms with Gasteiger partial charge in [0.1, 0.15) is 11.3 Å². The summed E-state index contributed by atoms with van der Waals surface area (Å²) in [6.07, 6.45) is 4.27. The number of H-pyrrole nitrogens is 1. The molecule has 0 saturated heterocycles. The highest BCUT2D eigenvalue weighted by Gasteiger charge is 2.31. The fourth-order valence-electron chi connectivity index (χ4n) is 3.55. The topological polar surface area (TPSA) is 64.8 Å². The highest BCUT2D eigenvalue weighted by Crippen LogP contribution is 2.38. The Kier molecular flexibility index (Phi) is 3.80. The number of benzene rings is 1. The Balaban J connectivity index is 1.68. The molecule has 29 heavy (non-hydrogen) atoms. The van der Waals surface area contributed by atoms with E-state index in [-0.39, 0.29) is 11.3 Å². The minimum atomic E-state index is -4.77. The number of alkyl halides is 3. The van der Waals surface area contributed by atoms with E-state index in [0.717, 1.165) is 29.4 Å². The van der Waals surface area contributed by atoms with Crippen LogP contribution in [0.2, 0.25) is 0 Å². The summed E-state index contributed by atoms with van der Waals surface area (Å²) >= 11 is 0. The molecule has 1 N–H and O–H groups in total. The van der Waals surface area contributed by atoms with Gasteiger partial charge in [0, 0.05) is 46.8 Å². The highest BCUT2D eigenvalue weighted by molar-refractivity contribution is 5.94. The van der Waals surface area contributed by atoms with E-state index in [1.807, 2.05) is 16.8 Å². The van der Waals surface area contributed by atoms with Crippen LogP contribution >= 0.6 is 0 Å². The number of ether oxygens (including phenoxy) is 1. The van der Waals surface area contributed by atoms with Gasteiger partial charge in [-0.25, -0.2) is 0 Å². The van der Waals surface area contributed by atoms with Crippen molar-refractivity contribution in [2.45, 2.75) is 25.2 Å². The Morgan fingerprint density at radius 3 is 2.52 bits per heavy atom. The molecule has 0 unspecified atom stereocenters. The third-order valence-electron chi connectivity index (χ3n) is 4.98. The third-order valence-corrected chi connectivity index (χ3v) is 4.98. The molecule has 0 amide bonds. The van der Waals surface area contributed by atoms with E-state index in [0.29, 0.717) is 17.2 Å². The minimum absolute atomic E-state index is 0.228. The molecule has 0 aliphatic heterocycles. The second-order valence-corrected chi connectivity index (χ2v) is 6.96. The van der Waals surface area contributed by atoms with Crippen LogP contribution in [0, 0.1) is 0 Å². The van der Waals surface area contributed by atoms with Crippen molar-refractivity contribution in [1.82, 2.24) is 19.3 Å². The average Bonchev–Trinajstić information content (AvgIpc) is 3.18. The summed E-state index contributed by atoms with van der Waals surface area (Å²) in [6.45, 7) is 0. The van der Waals surface area contributed by atoms with Gasteiger partial charge in [0.05, 0.1) is 6.20 Å². The van der Waals surface area contributed by atoms with Crippen LogP contribution < -0.4 is 10.3 Å². The van der Waals surface area contributed by atoms with Crippen LogP contribution in [0.15, 0.2) is 59.9 Å². The van der Waals surface area contributed by atoms with Gasteiger partial charge in [-0.15, -0.1) is 13.2 Å². The van der Waals surface area contributed by atoms with Gasteiger partial charge >= 0.3 is 6.36 Å². The first-order chi connectivity index (χ1) is 13.9. The molecule has 1 aliphatic rings. The van der Waals surface area contributed by atoms with Crippen molar-refractivity contribution in [3.63, 3.8) is 0 Å². The number of rotatable bonds is 4. The minimum Gasteiger partial charge on any atom is -0.406 e. The van der Waals surface area contributed by atoms with Crippen LogP contribution in [0.4, 0.5) is 13.2 Å². The molecule has 9 heteroatoms. The fraction of sp³-hybridized carbons (Fsp3) is 0.200. The lowest BCUT2D eigenvalue weighted by Crippen LogP contribution is -2.21. The van der Waals surface area contributed by atoms with E-state index in [4.69, 9.17) is 0 Å². The maximum Gasteiger partial charge on any atom is 0.573 e. The molecule has 148 valence electrons. The zero-order valence-corrected chi connectivity index (χ0v) is 15.0. The molecule has 0 radical (unpaired) electrons. The van der Waals surface area contributed by atoms with Crippen molar-refractivity contribution in [2.75, 3.05) is 0 Å². The zero-order chi connectivity index (χ0) is 20.2. The van der Waals surface area contributed by atoms with Gasteiger partial charge in [-0.3, -0.25) is 14.5 Å². The smallest absolute Gasteiger partial charge is 0.406 e. The van der Waals surface area contributed by atoms with Crippen LogP contribution in [-0.2, 0) is 0 Å². The molecule has 5 rings (SSSR count). The number of aromatic amines is 1. The molecule has 4 aromatic rings. The van der Waals surface area contributed by atoms with Crippen LogP contribution in [-0.4, -0.2) is 25.7 Å². The van der Waals surface area contributed by atoms with Crippen molar-refractivity contribution in [3.8, 4) is 22.6 Å². The quantitative estimate of drug-likeness (QED) is 0.552. The predicted molar refractivity (Wildman–Crippen MR) is 100 cm³/mol. The summed E-state index contributed by atoms with van der Waals surface area (Å²) in [6, 6.07) is 7.46. The molecule has 3 heterocycles. The maximum absolute atomic E-state index is 13.3. The van der Waals surface area contributed by atoms with Crippen molar-refractivity contribution in [1.29, 1.82) is 0 Å². The van der Waals surface area contributed by atoms with Crippen molar-refractivity contribution in [3.05, 3.63) is 65.5 Å². The van der Waals surface area contributed by atoms with Crippen LogP contribution in [0.1, 0.15) is 18.9 Å². The third kappa shape index (κ3) is 3.18. The normalized spacial score (nSPS) is 14.4. The fourth-order valence-corrected chi connectivity index (χ4v) is 3.55. The standard InChI is InChI=1S/C20H15F3N4O2/c21-20(22,23)29-15-5-3-14(4-6-15)27-11-17(12-9-24-25-10-12)16-7-8-26(13-1-2-13)18(16)19(27)28/h3-11,13H,1-2H2,(H,24,25). The van der Waals surface area contributed by atoms with Crippen molar-refractivity contribution in [2.24, 2.45) is 0 Å². The van der Waals surface area contributed by atoms with E-state index in [9.17, 15) is 18.0 Å². The number of hydrogen-bond acceptors (Lipinski definition) is 3. The monoisotopic (exact) mass is 400 g/mol. The lowest BCUT2D eigenvalue weighted by atomic mass is 10.1. The maximum atomic E-state index is 13.3. The number of aromatic nitrogens is 4. The van der Waals surface area contributed by atoms with E-state index in [2.05, 4.69) is 14.9 Å². The second kappa shape index (κ2) is 6.26. The molecule has 1 saturated carbocycles. The SMILES string of the molecule is O=c1c2c(ccn2C2CC2)c(-c2cn[nH]c2)cn1-c1ccc(OC(F)(F)F)cc1. The molecule has 6 nitrogen and oxygen atoms in total. The summed E-state index contributed by atoms with van der Waals surface area (Å²) in [5.41, 5.74) is 2.41. The Morgan fingerprint density at radius 2 is 1.90 bits per heavy atom. The van der Waals surface area contributed by atoms with Crippen LogP contribution in [0.25, 0.3) is 27.7 Å². The molecule has 1 fully saturated rings. The zero-order valence-electron chi connectivity index (χ0n) is 15.0. The van der Waals surface area contributed by atoms with E-state index < -0.39 is 6.36 Å². The molecular weight excluding hydrogens is 385 g/mol. The van der Waals surface area contributed by atoms with Gasteiger partial charge in [-0.1, -0.05) is 0 Å². The van der Waals surface area contributed by atoms with Gasteiger partial charge in [0.25, 0.3) is 5.56 Å². The van der Waals surface area contributed by atoms with E-state index in [1.54, 1.807) is 18.6 Å². The molecule has 1 aromatic carbocycles. The molecular formula is C20H15F3N4O2. The summed E-state index contributed by atoms with van der Waals surface area (Å²) < 4.78 is 44.6. The van der Waals surface area contributed by atoms with Crippen LogP contribution in [0.5, 0.6) is 5.75 Å². The van der Waals surface area contributed by atoms with Gasteiger partial charge < -0.3 is 9.30 Å². The van der Waals surface area contributed by atoms with Crippen LogP contribution in [0.3, 0.4) is 0 Å². The van der Waals surface area contributed by atoms with Gasteiger partial charge in [-0.05, 0) is 43.2 Å². The molecule has 1 aliphatic carbocycles. The molecule has 0 bridgehead atoms. The number of pyridine rings is 1. The lowest BCUT2D eigenvalue weighted by molar-refractivity contribution is -0.274. The van der Waals surface area contributed by atoms with Crippen molar-refractivity contribution >= 4 is 10.9 Å². The first-order valence-electron chi connectivity index (χ1n) is 9.02. The summed E-state index contributed by atoms with van der Waals surface area (Å²) in [5, 5.41) is 7.57. The largest absolute Gasteiger partial charge is 0.573 e. The van der Waals surface area contributed by atoms with Crippen molar-refractivity contribution < 1.29 is 17.9 Å². The molecule has 0 atom stereocenters. The van der Waals surface area contributed by atoms with Gasteiger partial charge in [0.2, 0.25) is 0 Å². The number of nitrogens with one attached hydrogen (secondary N) is 1. The Morgan fingerprint density at radius 1 is 1.14 bits per heavy atom. The summed E-state index contributed by atoms with van der Waals surface area (Å²) in [5.74, 6) is -0.341. The molecule has 0 spiro atoms. The van der Waals surface area contributed by atoms with E-state index >= 15 is 0 Å². The summed E-state index contributed by atoms with van der Waals surface area (Å²) in [7, 11) is 0. The number of fused-ring (bicyclic) bond motifs is 1. The predicted octanol–water partition coefficient (Wildman–Crippen LogP) is 4.42. The first-order valence-corrected chi connectivity index (χ1v) is 9.02. The highest BCUT2D eigenvalue weighted by atomic mass is 19.4. The number of halogens is 3. The Hall–Kier alpha value is -3.49. The number of nitrogens with zero attached hydrogens (tertiary/aromatic N) is 3. The molecule has 3 aromatic heterocycles. The second-order valence-electron chi connectivity index (χ2n) is 6.96.